The summed E-state index contributed by atoms with van der Waals surface area (Å²) in [6.07, 6.45) is 11.3. The van der Waals surface area contributed by atoms with Crippen molar-refractivity contribution in [3.63, 3.8) is 0 Å². The van der Waals surface area contributed by atoms with Crippen LogP contribution in [0.4, 0.5) is 5.69 Å². The molecule has 10 nitrogen and oxygen atoms in total. The number of ether oxygens (including phenoxy) is 4. The number of aromatic nitrogens is 2. The quantitative estimate of drug-likeness (QED) is 0.125. The van der Waals surface area contributed by atoms with Crippen molar-refractivity contribution in [1.82, 2.24) is 14.5 Å². The molecule has 3 heterocycles. The van der Waals surface area contributed by atoms with Crippen molar-refractivity contribution in [2.24, 2.45) is 4.99 Å². The van der Waals surface area contributed by atoms with Crippen LogP contribution in [-0.4, -0.2) is 66.6 Å². The topological polar surface area (TPSA) is 104 Å². The third-order valence-corrected chi connectivity index (χ3v) is 9.11. The summed E-state index contributed by atoms with van der Waals surface area (Å²) < 4.78 is 24.5. The number of rotatable bonds is 15. The van der Waals surface area contributed by atoms with Crippen molar-refractivity contribution in [1.29, 1.82) is 0 Å². The maximum atomic E-state index is 13.4. The van der Waals surface area contributed by atoms with Crippen LogP contribution in [0.25, 0.3) is 16.6 Å². The summed E-state index contributed by atoms with van der Waals surface area (Å²) >= 11 is 0. The molecule has 2 aliphatic rings. The molecule has 4 aromatic rings. The van der Waals surface area contributed by atoms with E-state index in [2.05, 4.69) is 9.98 Å². The smallest absolute Gasteiger partial charge is 0.266 e. The van der Waals surface area contributed by atoms with Gasteiger partial charge in [0.2, 0.25) is 0 Å². The van der Waals surface area contributed by atoms with Gasteiger partial charge in [0.25, 0.3) is 11.5 Å². The number of hydrogen-bond donors (Lipinski definition) is 0. The van der Waals surface area contributed by atoms with E-state index in [0.29, 0.717) is 58.4 Å². The Morgan fingerprint density at radius 1 is 0.792 bits per heavy atom. The van der Waals surface area contributed by atoms with Gasteiger partial charge >= 0.3 is 0 Å². The number of hydrogen-bond acceptors (Lipinski definition) is 8. The first-order valence-electron chi connectivity index (χ1n) is 17.0. The predicted octanol–water partition coefficient (Wildman–Crippen LogP) is 7.22. The SMILES string of the molecule is COc1ccc(-n2c(C)nc3ccc(OCCCCCCCCCOc4cc5c(cc4OC)C(=O)N4CCC[C@H]4C=N5)cc3c2=O)cc1. The van der Waals surface area contributed by atoms with Crippen molar-refractivity contribution < 1.29 is 23.7 Å². The third kappa shape index (κ3) is 7.32. The minimum Gasteiger partial charge on any atom is -0.497 e. The molecular weight excluding hydrogens is 608 g/mol. The number of benzene rings is 3. The second kappa shape index (κ2) is 15.4. The van der Waals surface area contributed by atoms with Gasteiger partial charge in [0.1, 0.15) is 17.3 Å². The van der Waals surface area contributed by atoms with Crippen LogP contribution in [0.2, 0.25) is 0 Å². The number of nitrogens with zero attached hydrogens (tertiary/aromatic N) is 4. The minimum absolute atomic E-state index is 0.0134. The van der Waals surface area contributed by atoms with Crippen LogP contribution in [0.15, 0.2) is 64.4 Å². The Balaban J connectivity index is 0.903. The standard InChI is InChI=1S/C38H44N4O6/c1-26-40-33-18-17-30(22-31(33)38(44)42(26)27-13-15-29(45-2)16-14-27)47-20-9-7-5-4-6-8-10-21-48-36-24-34-32(23-35(36)46-3)37(43)41-19-11-12-28(41)25-39-34/h13-18,22-25,28H,4-12,19-21H2,1-3H3/t28-/m0/s1. The molecule has 0 unspecified atom stereocenters. The van der Waals surface area contributed by atoms with Crippen molar-refractivity contribution in [2.75, 3.05) is 34.0 Å². The van der Waals surface area contributed by atoms with Crippen LogP contribution in [-0.2, 0) is 0 Å². The van der Waals surface area contributed by atoms with Crippen molar-refractivity contribution in [2.45, 2.75) is 70.8 Å². The highest BCUT2D eigenvalue weighted by Crippen LogP contribution is 2.38. The van der Waals surface area contributed by atoms with Crippen molar-refractivity contribution in [3.8, 4) is 28.7 Å². The average molecular weight is 653 g/mol. The monoisotopic (exact) mass is 652 g/mol. The molecule has 1 aromatic heterocycles. The van der Waals surface area contributed by atoms with E-state index >= 15 is 0 Å². The van der Waals surface area contributed by atoms with Crippen molar-refractivity contribution >= 4 is 28.7 Å². The van der Waals surface area contributed by atoms with Crippen molar-refractivity contribution in [3.05, 3.63) is 76.3 Å². The fraction of sp³-hybridized carbons (Fsp3) is 0.421. The summed E-state index contributed by atoms with van der Waals surface area (Å²) in [5.41, 5.74) is 2.50. The number of carbonyl (C=O) groups is 1. The lowest BCUT2D eigenvalue weighted by Gasteiger charge is -2.20. The Morgan fingerprint density at radius 3 is 2.23 bits per heavy atom. The summed E-state index contributed by atoms with van der Waals surface area (Å²) in [5, 5.41) is 0.530. The van der Waals surface area contributed by atoms with Crippen LogP contribution in [0.3, 0.4) is 0 Å². The molecule has 0 aliphatic carbocycles. The van der Waals surface area contributed by atoms with E-state index in [4.69, 9.17) is 18.9 Å². The number of aliphatic imine (C=N–C) groups is 1. The van der Waals surface area contributed by atoms with E-state index in [1.54, 1.807) is 30.9 Å². The summed E-state index contributed by atoms with van der Waals surface area (Å²) in [6.45, 7) is 3.79. The Labute approximate surface area is 281 Å². The van der Waals surface area contributed by atoms with E-state index in [0.717, 1.165) is 75.8 Å². The Morgan fingerprint density at radius 2 is 1.50 bits per heavy atom. The zero-order valence-electron chi connectivity index (χ0n) is 28.1. The van der Waals surface area contributed by atoms with E-state index in [1.807, 2.05) is 60.5 Å². The fourth-order valence-electron chi connectivity index (χ4n) is 6.48. The van der Waals surface area contributed by atoms with Gasteiger partial charge in [-0.15, -0.1) is 0 Å². The molecule has 0 bridgehead atoms. The fourth-order valence-corrected chi connectivity index (χ4v) is 6.48. The molecule has 3 aromatic carbocycles. The first-order chi connectivity index (χ1) is 23.5. The van der Waals surface area contributed by atoms with Crippen LogP contribution in [0.1, 0.15) is 74.0 Å². The van der Waals surface area contributed by atoms with Crippen LogP contribution >= 0.6 is 0 Å². The number of carbonyl (C=O) groups excluding carboxylic acids is 1. The first kappa shape index (κ1) is 33.1. The number of methoxy groups -OCH3 is 2. The Kier molecular flexibility index (Phi) is 10.6. The van der Waals surface area contributed by atoms with Gasteiger partial charge in [-0.3, -0.25) is 19.1 Å². The second-order valence-corrected chi connectivity index (χ2v) is 12.4. The van der Waals surface area contributed by atoms with Gasteiger partial charge < -0.3 is 23.8 Å². The molecular formula is C38H44N4O6. The number of unbranched alkanes of at least 4 members (excludes halogenated alkanes) is 6. The molecule has 0 N–H and O–H groups in total. The van der Waals surface area contributed by atoms with Gasteiger partial charge in [-0.2, -0.15) is 0 Å². The second-order valence-electron chi connectivity index (χ2n) is 12.4. The number of amides is 1. The molecule has 252 valence electrons. The molecule has 0 saturated carbocycles. The van der Waals surface area contributed by atoms with Crippen LogP contribution in [0, 0.1) is 6.92 Å². The summed E-state index contributed by atoms with van der Waals surface area (Å²) in [4.78, 5) is 37.6. The lowest BCUT2D eigenvalue weighted by molar-refractivity contribution is 0.0774. The van der Waals surface area contributed by atoms with Gasteiger partial charge in [0, 0.05) is 18.8 Å². The third-order valence-electron chi connectivity index (χ3n) is 9.11. The average Bonchev–Trinajstić information content (AvgIpc) is 3.54. The number of aryl methyl sites for hydroxylation is 1. The maximum absolute atomic E-state index is 13.4. The lowest BCUT2D eigenvalue weighted by atomic mass is 10.1. The highest BCUT2D eigenvalue weighted by atomic mass is 16.5. The van der Waals surface area contributed by atoms with Crippen LogP contribution in [0.5, 0.6) is 23.0 Å². The molecule has 1 amide bonds. The van der Waals surface area contributed by atoms with E-state index in [-0.39, 0.29) is 17.5 Å². The van der Waals surface area contributed by atoms with E-state index in [1.165, 1.54) is 0 Å². The normalized spacial score (nSPS) is 15.3. The van der Waals surface area contributed by atoms with Gasteiger partial charge in [0.15, 0.2) is 11.5 Å². The molecule has 1 atom stereocenters. The lowest BCUT2D eigenvalue weighted by Crippen LogP contribution is -2.35. The number of fused-ring (bicyclic) bond motifs is 3. The van der Waals surface area contributed by atoms with Gasteiger partial charge in [-0.1, -0.05) is 32.1 Å². The molecule has 1 saturated heterocycles. The largest absolute Gasteiger partial charge is 0.497 e. The Bertz CT molecular complexity index is 1830. The zero-order chi connectivity index (χ0) is 33.5. The molecule has 0 spiro atoms. The van der Waals surface area contributed by atoms with E-state index in [9.17, 15) is 9.59 Å². The zero-order valence-corrected chi connectivity index (χ0v) is 28.1. The predicted molar refractivity (Wildman–Crippen MR) is 187 cm³/mol. The molecule has 6 rings (SSSR count). The first-order valence-corrected chi connectivity index (χ1v) is 17.0. The molecule has 48 heavy (non-hydrogen) atoms. The summed E-state index contributed by atoms with van der Waals surface area (Å²) in [7, 11) is 3.22. The Hall–Kier alpha value is -4.86. The van der Waals surface area contributed by atoms with E-state index < -0.39 is 0 Å². The molecule has 1 fully saturated rings. The summed E-state index contributed by atoms with van der Waals surface area (Å²) in [5.74, 6) is 3.24. The summed E-state index contributed by atoms with van der Waals surface area (Å²) in [6, 6.07) is 16.6. The van der Waals surface area contributed by atoms with Gasteiger partial charge in [0.05, 0.1) is 61.3 Å². The highest BCUT2D eigenvalue weighted by Gasteiger charge is 2.32. The van der Waals surface area contributed by atoms with Crippen LogP contribution < -0.4 is 24.5 Å². The molecule has 0 radical (unpaired) electrons. The maximum Gasteiger partial charge on any atom is 0.266 e. The minimum atomic E-state index is -0.123. The molecule has 2 aliphatic heterocycles. The van der Waals surface area contributed by atoms with Gasteiger partial charge in [-0.05, 0) is 81.1 Å². The van der Waals surface area contributed by atoms with Gasteiger partial charge in [-0.25, -0.2) is 4.98 Å². The highest BCUT2D eigenvalue weighted by molar-refractivity contribution is 6.03. The molecule has 10 heteroatoms.